The van der Waals surface area contributed by atoms with Gasteiger partial charge in [0.15, 0.2) is 0 Å². The van der Waals surface area contributed by atoms with Gasteiger partial charge in [-0.3, -0.25) is 9.48 Å². The third-order valence-corrected chi connectivity index (χ3v) is 6.51. The Morgan fingerprint density at radius 2 is 2.00 bits per heavy atom. The van der Waals surface area contributed by atoms with Crippen LogP contribution < -0.4 is 10.9 Å². The maximum Gasteiger partial charge on any atom is 0.258 e. The molecule has 0 amide bonds. The first kappa shape index (κ1) is 21.3. The fourth-order valence-electron chi connectivity index (χ4n) is 3.80. The normalized spacial score (nSPS) is 14.8. The van der Waals surface area contributed by atoms with E-state index in [1.165, 1.54) is 0 Å². The van der Waals surface area contributed by atoms with Crippen LogP contribution >= 0.6 is 0 Å². The molecule has 2 N–H and O–H groups in total. The lowest BCUT2D eigenvalue weighted by Crippen LogP contribution is -2.31. The Kier molecular flexibility index (Phi) is 5.01. The van der Waals surface area contributed by atoms with Crippen LogP contribution in [0.3, 0.4) is 0 Å². The molecule has 3 heterocycles. The average molecular weight is 440 g/mol. The molecule has 0 saturated heterocycles. The molecule has 0 radical (unpaired) electrons. The molecule has 168 valence electrons. The van der Waals surface area contributed by atoms with Gasteiger partial charge in [-0.25, -0.2) is 4.98 Å². The zero-order valence-corrected chi connectivity index (χ0v) is 19.8. The Morgan fingerprint density at radius 3 is 2.67 bits per heavy atom. The Balaban J connectivity index is 1.80. The minimum Gasteiger partial charge on any atom is -0.367 e. The van der Waals surface area contributed by atoms with Gasteiger partial charge in [-0.05, 0) is 36.8 Å². The fraction of sp³-hybridized carbons (Fsp3) is 0.370. The maximum atomic E-state index is 13.1. The van der Waals surface area contributed by atoms with Crippen LogP contribution in [0.4, 0.5) is 5.82 Å². The van der Waals surface area contributed by atoms with Crippen molar-refractivity contribution < 1.29 is 0 Å². The van der Waals surface area contributed by atoms with Gasteiger partial charge < -0.3 is 10.3 Å². The summed E-state index contributed by atoms with van der Waals surface area (Å²) >= 11 is 0. The van der Waals surface area contributed by atoms with Crippen LogP contribution in [0.15, 0.2) is 41.6 Å². The Hall–Kier alpha value is -3.59. The van der Waals surface area contributed by atoms with Gasteiger partial charge in [0.05, 0.1) is 22.7 Å². The predicted molar refractivity (Wildman–Crippen MR) is 134 cm³/mol. The number of H-pyrrole nitrogens is 1. The van der Waals surface area contributed by atoms with E-state index in [0.717, 1.165) is 46.1 Å². The third-order valence-electron chi connectivity index (χ3n) is 6.51. The van der Waals surface area contributed by atoms with Crippen molar-refractivity contribution in [3.8, 4) is 23.0 Å². The molecule has 6 heteroatoms. The quantitative estimate of drug-likeness (QED) is 0.345. The average Bonchev–Trinajstić information content (AvgIpc) is 3.50. The molecule has 1 aliphatic carbocycles. The number of fused-ring (bicyclic) bond motifs is 3. The Morgan fingerprint density at radius 1 is 1.21 bits per heavy atom. The SMILES string of the molecule is CC(Nc1nc2c(C#CC3CC3)c[nH]c(=O)c2c2cc(-c3cnn(C)c3)ccc12)C(C)(C)C. The van der Waals surface area contributed by atoms with Gasteiger partial charge in [0.1, 0.15) is 5.82 Å². The van der Waals surface area contributed by atoms with Gasteiger partial charge in [-0.2, -0.15) is 5.10 Å². The second-order valence-corrected chi connectivity index (χ2v) is 10.2. The van der Waals surface area contributed by atoms with E-state index in [1.807, 2.05) is 25.5 Å². The molecule has 1 aromatic carbocycles. The lowest BCUT2D eigenvalue weighted by Gasteiger charge is -2.29. The second-order valence-electron chi connectivity index (χ2n) is 10.2. The van der Waals surface area contributed by atoms with E-state index in [4.69, 9.17) is 4.98 Å². The van der Waals surface area contributed by atoms with Crippen LogP contribution in [0.25, 0.3) is 32.8 Å². The van der Waals surface area contributed by atoms with Gasteiger partial charge in [0, 0.05) is 47.7 Å². The van der Waals surface area contributed by atoms with Crippen molar-refractivity contribution in [3.63, 3.8) is 0 Å². The minimum absolute atomic E-state index is 0.0430. The summed E-state index contributed by atoms with van der Waals surface area (Å²) < 4.78 is 1.78. The molecule has 1 saturated carbocycles. The number of hydrogen-bond donors (Lipinski definition) is 2. The lowest BCUT2D eigenvalue weighted by atomic mass is 9.88. The van der Waals surface area contributed by atoms with E-state index in [0.29, 0.717) is 16.8 Å². The molecule has 33 heavy (non-hydrogen) atoms. The summed E-state index contributed by atoms with van der Waals surface area (Å²) in [7, 11) is 1.90. The molecule has 1 fully saturated rings. The first-order valence-electron chi connectivity index (χ1n) is 11.5. The van der Waals surface area contributed by atoms with Crippen LogP contribution in [0.1, 0.15) is 46.1 Å². The van der Waals surface area contributed by atoms with E-state index >= 15 is 0 Å². The summed E-state index contributed by atoms with van der Waals surface area (Å²) in [6.45, 7) is 8.76. The molecule has 3 aromatic heterocycles. The van der Waals surface area contributed by atoms with Crippen molar-refractivity contribution >= 4 is 27.5 Å². The number of nitrogens with zero attached hydrogens (tertiary/aromatic N) is 3. The summed E-state index contributed by atoms with van der Waals surface area (Å²) in [5.41, 5.74) is 3.30. The van der Waals surface area contributed by atoms with Crippen molar-refractivity contribution in [3.05, 3.63) is 52.7 Å². The first-order chi connectivity index (χ1) is 15.7. The topological polar surface area (TPSA) is 75.6 Å². The summed E-state index contributed by atoms with van der Waals surface area (Å²) in [5.74, 6) is 7.83. The van der Waals surface area contributed by atoms with Gasteiger partial charge in [0.25, 0.3) is 5.56 Å². The predicted octanol–water partition coefficient (Wildman–Crippen LogP) is 5.08. The molecule has 1 unspecified atom stereocenters. The van der Waals surface area contributed by atoms with Gasteiger partial charge in [-0.1, -0.05) is 44.7 Å². The van der Waals surface area contributed by atoms with E-state index < -0.39 is 0 Å². The first-order valence-corrected chi connectivity index (χ1v) is 11.5. The van der Waals surface area contributed by atoms with Crippen LogP contribution in [-0.2, 0) is 7.05 Å². The number of hydrogen-bond acceptors (Lipinski definition) is 4. The highest BCUT2D eigenvalue weighted by atomic mass is 16.1. The third kappa shape index (κ3) is 4.11. The van der Waals surface area contributed by atoms with Crippen molar-refractivity contribution in [2.45, 2.75) is 46.6 Å². The van der Waals surface area contributed by atoms with E-state index in [1.54, 1.807) is 10.9 Å². The fourth-order valence-corrected chi connectivity index (χ4v) is 3.80. The van der Waals surface area contributed by atoms with E-state index in [9.17, 15) is 4.79 Å². The van der Waals surface area contributed by atoms with Crippen molar-refractivity contribution in [2.75, 3.05) is 5.32 Å². The molecule has 6 nitrogen and oxygen atoms in total. The molecular weight excluding hydrogens is 410 g/mol. The second kappa shape index (κ2) is 7.77. The molecule has 5 rings (SSSR count). The van der Waals surface area contributed by atoms with Crippen LogP contribution in [0.5, 0.6) is 0 Å². The van der Waals surface area contributed by atoms with Crippen molar-refractivity contribution in [2.24, 2.45) is 18.4 Å². The van der Waals surface area contributed by atoms with Crippen molar-refractivity contribution in [1.82, 2.24) is 19.7 Å². The summed E-state index contributed by atoms with van der Waals surface area (Å²) in [5, 5.41) is 10.3. The molecule has 1 atom stereocenters. The maximum absolute atomic E-state index is 13.1. The van der Waals surface area contributed by atoms with Crippen molar-refractivity contribution in [1.29, 1.82) is 0 Å². The number of aryl methyl sites for hydroxylation is 1. The number of nitrogens with one attached hydrogen (secondary N) is 2. The van der Waals surface area contributed by atoms with E-state index in [2.05, 4.69) is 67.1 Å². The highest BCUT2D eigenvalue weighted by Gasteiger charge is 2.23. The summed E-state index contributed by atoms with van der Waals surface area (Å²) in [4.78, 5) is 20.9. The number of pyridine rings is 2. The zero-order valence-electron chi connectivity index (χ0n) is 19.8. The smallest absolute Gasteiger partial charge is 0.258 e. The van der Waals surface area contributed by atoms with Gasteiger partial charge in [-0.15, -0.1) is 0 Å². The van der Waals surface area contributed by atoms with Crippen LogP contribution in [0.2, 0.25) is 0 Å². The zero-order chi connectivity index (χ0) is 23.3. The highest BCUT2D eigenvalue weighted by Crippen LogP contribution is 2.34. The van der Waals surface area contributed by atoms with Gasteiger partial charge in [0.2, 0.25) is 0 Å². The Bertz CT molecular complexity index is 1490. The molecule has 1 aliphatic rings. The number of rotatable bonds is 3. The van der Waals surface area contributed by atoms with Crippen LogP contribution in [-0.4, -0.2) is 25.8 Å². The molecule has 4 aromatic rings. The van der Waals surface area contributed by atoms with Crippen LogP contribution in [0, 0.1) is 23.2 Å². The molecule has 0 aliphatic heterocycles. The van der Waals surface area contributed by atoms with E-state index in [-0.39, 0.29) is 17.0 Å². The number of aromatic amines is 1. The molecule has 0 spiro atoms. The number of anilines is 1. The number of aromatic nitrogens is 4. The summed E-state index contributed by atoms with van der Waals surface area (Å²) in [6.07, 6.45) is 7.80. The monoisotopic (exact) mass is 439 g/mol. The molecule has 0 bridgehead atoms. The van der Waals surface area contributed by atoms with Gasteiger partial charge >= 0.3 is 0 Å². The lowest BCUT2D eigenvalue weighted by molar-refractivity contribution is 0.359. The largest absolute Gasteiger partial charge is 0.367 e. The minimum atomic E-state index is -0.154. The highest BCUT2D eigenvalue weighted by molar-refractivity contribution is 6.12. The summed E-state index contributed by atoms with van der Waals surface area (Å²) in [6, 6.07) is 6.34. The Labute approximate surface area is 193 Å². The molecular formula is C27H29N5O. The standard InChI is InChI=1S/C27H29N5O/c1-16(27(2,3)4)30-25-21-11-10-18(20-14-29-32(5)15-20)12-22(21)23-24(31-25)19(13-28-26(23)33)9-8-17-6-7-17/h10-17H,6-7H2,1-5H3,(H,28,33)(H,30,31). The number of benzene rings is 1.